The standard InChI is InChI=1S/C16H23NO4/c1-10(15(19)20)11(2)17-14(18)12-6-8-13(9-7-12)21-16(3,4)5/h6-11H,1-5H3,(H,17,18)(H,19,20). The molecule has 1 aromatic carbocycles. The summed E-state index contributed by atoms with van der Waals surface area (Å²) in [6.45, 7) is 9.08. The van der Waals surface area contributed by atoms with E-state index in [1.807, 2.05) is 20.8 Å². The maximum Gasteiger partial charge on any atom is 0.308 e. The van der Waals surface area contributed by atoms with Gasteiger partial charge in [-0.15, -0.1) is 0 Å². The van der Waals surface area contributed by atoms with E-state index in [9.17, 15) is 9.59 Å². The Morgan fingerprint density at radius 2 is 1.67 bits per heavy atom. The largest absolute Gasteiger partial charge is 0.488 e. The van der Waals surface area contributed by atoms with Crippen LogP contribution in [0.2, 0.25) is 0 Å². The van der Waals surface area contributed by atoms with Crippen LogP contribution in [0.5, 0.6) is 5.75 Å². The summed E-state index contributed by atoms with van der Waals surface area (Å²) in [4.78, 5) is 22.9. The second-order valence-corrected chi connectivity index (χ2v) is 6.13. The van der Waals surface area contributed by atoms with Gasteiger partial charge in [-0.1, -0.05) is 0 Å². The van der Waals surface area contributed by atoms with Crippen LogP contribution in [0.4, 0.5) is 0 Å². The van der Waals surface area contributed by atoms with Crippen LogP contribution in [0, 0.1) is 5.92 Å². The molecule has 5 heteroatoms. The quantitative estimate of drug-likeness (QED) is 0.875. The Morgan fingerprint density at radius 1 is 1.14 bits per heavy atom. The van der Waals surface area contributed by atoms with Crippen LogP contribution < -0.4 is 10.1 Å². The maximum atomic E-state index is 12.0. The van der Waals surface area contributed by atoms with Crippen LogP contribution in [0.15, 0.2) is 24.3 Å². The Labute approximate surface area is 125 Å². The normalized spacial score (nSPS) is 14.1. The van der Waals surface area contributed by atoms with Crippen molar-refractivity contribution >= 4 is 11.9 Å². The van der Waals surface area contributed by atoms with Crippen LogP contribution in [0.1, 0.15) is 45.0 Å². The number of hydrogen-bond acceptors (Lipinski definition) is 3. The van der Waals surface area contributed by atoms with E-state index >= 15 is 0 Å². The fourth-order valence-corrected chi connectivity index (χ4v) is 1.66. The lowest BCUT2D eigenvalue weighted by molar-refractivity contribution is -0.141. The summed E-state index contributed by atoms with van der Waals surface area (Å²) in [6, 6.07) is 6.33. The fraction of sp³-hybridized carbons (Fsp3) is 0.500. The maximum absolute atomic E-state index is 12.0. The number of rotatable bonds is 5. The summed E-state index contributed by atoms with van der Waals surface area (Å²) in [5, 5.41) is 11.6. The minimum Gasteiger partial charge on any atom is -0.488 e. The van der Waals surface area contributed by atoms with Crippen molar-refractivity contribution in [3.63, 3.8) is 0 Å². The summed E-state index contributed by atoms with van der Waals surface area (Å²) in [6.07, 6.45) is 0. The van der Waals surface area contributed by atoms with Crippen molar-refractivity contribution in [3.8, 4) is 5.75 Å². The van der Waals surface area contributed by atoms with Crippen molar-refractivity contribution in [1.82, 2.24) is 5.32 Å². The molecule has 0 aliphatic heterocycles. The molecule has 2 unspecified atom stereocenters. The molecule has 0 saturated carbocycles. The number of carboxylic acids is 1. The zero-order valence-corrected chi connectivity index (χ0v) is 13.1. The van der Waals surface area contributed by atoms with Crippen molar-refractivity contribution in [3.05, 3.63) is 29.8 Å². The number of ether oxygens (including phenoxy) is 1. The van der Waals surface area contributed by atoms with Crippen LogP contribution in [0.3, 0.4) is 0 Å². The van der Waals surface area contributed by atoms with E-state index in [1.54, 1.807) is 38.1 Å². The predicted octanol–water partition coefficient (Wildman–Crippen LogP) is 2.70. The molecule has 1 rings (SSSR count). The highest BCUT2D eigenvalue weighted by molar-refractivity contribution is 5.94. The van der Waals surface area contributed by atoms with Gasteiger partial charge >= 0.3 is 5.97 Å². The third-order valence-electron chi connectivity index (χ3n) is 3.04. The highest BCUT2D eigenvalue weighted by Crippen LogP contribution is 2.18. The molecule has 116 valence electrons. The van der Waals surface area contributed by atoms with Gasteiger partial charge in [0.05, 0.1) is 5.92 Å². The summed E-state index contributed by atoms with van der Waals surface area (Å²) in [5.74, 6) is -1.18. The topological polar surface area (TPSA) is 75.6 Å². The lowest BCUT2D eigenvalue weighted by atomic mass is 10.0. The number of carbonyl (C=O) groups excluding carboxylic acids is 1. The Bertz CT molecular complexity index is 502. The Kier molecular flexibility index (Phi) is 5.35. The number of hydrogen-bond donors (Lipinski definition) is 2. The minimum atomic E-state index is -0.934. The highest BCUT2D eigenvalue weighted by Gasteiger charge is 2.21. The molecule has 21 heavy (non-hydrogen) atoms. The molecule has 0 bridgehead atoms. The van der Waals surface area contributed by atoms with Gasteiger partial charge in [-0.25, -0.2) is 0 Å². The molecule has 2 atom stereocenters. The molecule has 2 N–H and O–H groups in total. The second kappa shape index (κ2) is 6.61. The van der Waals surface area contributed by atoms with E-state index in [4.69, 9.17) is 9.84 Å². The third kappa shape index (κ3) is 5.45. The van der Waals surface area contributed by atoms with Crippen molar-refractivity contribution in [1.29, 1.82) is 0 Å². The summed E-state index contributed by atoms with van der Waals surface area (Å²) in [7, 11) is 0. The van der Waals surface area contributed by atoms with Gasteiger partial charge in [-0.3, -0.25) is 9.59 Å². The van der Waals surface area contributed by atoms with Crippen LogP contribution in [-0.2, 0) is 4.79 Å². The molecule has 0 spiro atoms. The van der Waals surface area contributed by atoms with Gasteiger partial charge in [0.2, 0.25) is 0 Å². The molecule has 0 aliphatic carbocycles. The van der Waals surface area contributed by atoms with Gasteiger partial charge in [0.15, 0.2) is 0 Å². The van der Waals surface area contributed by atoms with Gasteiger partial charge in [0.25, 0.3) is 5.91 Å². The van der Waals surface area contributed by atoms with E-state index < -0.39 is 17.9 Å². The minimum absolute atomic E-state index is 0.294. The first-order chi connectivity index (χ1) is 9.60. The summed E-state index contributed by atoms with van der Waals surface area (Å²) < 4.78 is 5.68. The van der Waals surface area contributed by atoms with E-state index in [1.165, 1.54) is 0 Å². The molecule has 0 radical (unpaired) electrons. The molecular formula is C16H23NO4. The van der Waals surface area contributed by atoms with Crippen molar-refractivity contribution in [2.45, 2.75) is 46.3 Å². The van der Waals surface area contributed by atoms with E-state index in [0.29, 0.717) is 11.3 Å². The zero-order valence-electron chi connectivity index (χ0n) is 13.1. The second-order valence-electron chi connectivity index (χ2n) is 6.13. The number of nitrogens with one attached hydrogen (secondary N) is 1. The van der Waals surface area contributed by atoms with Crippen LogP contribution in [-0.4, -0.2) is 28.6 Å². The Morgan fingerprint density at radius 3 is 2.10 bits per heavy atom. The molecule has 0 fully saturated rings. The molecular weight excluding hydrogens is 270 g/mol. The average molecular weight is 293 g/mol. The van der Waals surface area contributed by atoms with Gasteiger partial charge in [-0.2, -0.15) is 0 Å². The number of amides is 1. The highest BCUT2D eigenvalue weighted by atomic mass is 16.5. The molecule has 1 amide bonds. The SMILES string of the molecule is CC(NC(=O)c1ccc(OC(C)(C)C)cc1)C(C)C(=O)O. The van der Waals surface area contributed by atoms with E-state index in [-0.39, 0.29) is 11.5 Å². The monoisotopic (exact) mass is 293 g/mol. The number of benzene rings is 1. The summed E-state index contributed by atoms with van der Waals surface area (Å²) >= 11 is 0. The number of carboxylic acid groups (broad SMARTS) is 1. The molecule has 1 aromatic rings. The lowest BCUT2D eigenvalue weighted by Crippen LogP contribution is -2.40. The van der Waals surface area contributed by atoms with Gasteiger partial charge in [0.1, 0.15) is 11.4 Å². The van der Waals surface area contributed by atoms with Crippen LogP contribution in [0.25, 0.3) is 0 Å². The smallest absolute Gasteiger partial charge is 0.308 e. The number of carbonyl (C=O) groups is 2. The van der Waals surface area contributed by atoms with E-state index in [0.717, 1.165) is 0 Å². The molecule has 0 saturated heterocycles. The summed E-state index contributed by atoms with van der Waals surface area (Å²) in [5.41, 5.74) is 0.176. The Balaban J connectivity index is 2.69. The van der Waals surface area contributed by atoms with Gasteiger partial charge in [-0.05, 0) is 58.9 Å². The average Bonchev–Trinajstić information content (AvgIpc) is 2.36. The van der Waals surface area contributed by atoms with Gasteiger partial charge < -0.3 is 15.2 Å². The fourth-order valence-electron chi connectivity index (χ4n) is 1.66. The number of aliphatic carboxylic acids is 1. The molecule has 0 aromatic heterocycles. The molecule has 5 nitrogen and oxygen atoms in total. The van der Waals surface area contributed by atoms with E-state index in [2.05, 4.69) is 5.32 Å². The van der Waals surface area contributed by atoms with Crippen molar-refractivity contribution in [2.75, 3.05) is 0 Å². The van der Waals surface area contributed by atoms with Crippen LogP contribution >= 0.6 is 0 Å². The first-order valence-corrected chi connectivity index (χ1v) is 6.93. The van der Waals surface area contributed by atoms with Crippen molar-refractivity contribution in [2.24, 2.45) is 5.92 Å². The third-order valence-corrected chi connectivity index (χ3v) is 3.04. The lowest BCUT2D eigenvalue weighted by Gasteiger charge is -2.21. The first-order valence-electron chi connectivity index (χ1n) is 6.93. The van der Waals surface area contributed by atoms with Gasteiger partial charge in [0, 0.05) is 11.6 Å². The zero-order chi connectivity index (χ0) is 16.2. The first kappa shape index (κ1) is 17.0. The molecule has 0 heterocycles. The molecule has 0 aliphatic rings. The Hall–Kier alpha value is -2.04. The predicted molar refractivity (Wildman–Crippen MR) is 80.6 cm³/mol. The van der Waals surface area contributed by atoms with Crippen molar-refractivity contribution < 1.29 is 19.4 Å².